The highest BCUT2D eigenvalue weighted by Gasteiger charge is 2.23. The lowest BCUT2D eigenvalue weighted by Gasteiger charge is -2.31. The fourth-order valence-corrected chi connectivity index (χ4v) is 2.83. The van der Waals surface area contributed by atoms with Gasteiger partial charge in [-0.15, -0.1) is 0 Å². The van der Waals surface area contributed by atoms with Crippen molar-refractivity contribution in [1.82, 2.24) is 10.2 Å². The minimum Gasteiger partial charge on any atom is -0.315 e. The summed E-state index contributed by atoms with van der Waals surface area (Å²) in [6.45, 7) is 5.09. The third-order valence-corrected chi connectivity index (χ3v) is 3.54. The van der Waals surface area contributed by atoms with E-state index in [2.05, 4.69) is 22.0 Å². The summed E-state index contributed by atoms with van der Waals surface area (Å²) in [6.07, 6.45) is 1.37. The van der Waals surface area contributed by atoms with E-state index in [-0.39, 0.29) is 0 Å². The Morgan fingerprint density at radius 2 is 2.09 bits per heavy atom. The molecule has 2 fully saturated rings. The summed E-state index contributed by atoms with van der Waals surface area (Å²) in [7, 11) is 0. The van der Waals surface area contributed by atoms with Gasteiger partial charge in [-0.3, -0.25) is 4.90 Å². The second-order valence-corrected chi connectivity index (χ2v) is 4.52. The van der Waals surface area contributed by atoms with Crippen molar-refractivity contribution in [1.29, 1.82) is 0 Å². The lowest BCUT2D eigenvalue weighted by molar-refractivity contribution is 0.230. The van der Waals surface area contributed by atoms with Gasteiger partial charge in [0.05, 0.1) is 0 Å². The number of nitrogens with zero attached hydrogens (tertiary/aromatic N) is 1. The lowest BCUT2D eigenvalue weighted by atomic mass is 10.2. The number of thioether (sulfide) groups is 1. The molecule has 2 saturated heterocycles. The zero-order valence-corrected chi connectivity index (χ0v) is 7.70. The molecule has 0 aromatic heterocycles. The van der Waals surface area contributed by atoms with Gasteiger partial charge in [-0.1, -0.05) is 0 Å². The Bertz CT molecular complexity index is 117. The van der Waals surface area contributed by atoms with E-state index in [1.54, 1.807) is 0 Å². The average molecular weight is 172 g/mol. The molecular weight excluding hydrogens is 156 g/mol. The van der Waals surface area contributed by atoms with Crippen LogP contribution in [0.5, 0.6) is 0 Å². The second-order valence-electron chi connectivity index (χ2n) is 3.29. The molecule has 0 aromatic carbocycles. The third kappa shape index (κ3) is 1.89. The number of rotatable bonds is 1. The number of hydrogen-bond acceptors (Lipinski definition) is 3. The van der Waals surface area contributed by atoms with E-state index in [0.717, 1.165) is 6.04 Å². The average Bonchev–Trinajstić information content (AvgIpc) is 2.58. The van der Waals surface area contributed by atoms with Crippen molar-refractivity contribution in [2.75, 3.05) is 37.7 Å². The Morgan fingerprint density at radius 3 is 2.73 bits per heavy atom. The van der Waals surface area contributed by atoms with E-state index < -0.39 is 0 Å². The molecule has 2 heterocycles. The summed E-state index contributed by atoms with van der Waals surface area (Å²) in [4.78, 5) is 2.65. The first kappa shape index (κ1) is 7.90. The molecule has 0 spiro atoms. The standard InChI is InChI=1S/C8H16N2S/c1-2-9-7-8(1)10-3-5-11-6-4-10/h8-9H,1-7H2/t8-/m0/s1. The van der Waals surface area contributed by atoms with Crippen LogP contribution in [0.1, 0.15) is 6.42 Å². The molecule has 0 aliphatic carbocycles. The number of nitrogens with one attached hydrogen (secondary N) is 1. The predicted octanol–water partition coefficient (Wildman–Crippen LogP) is 0.397. The molecule has 1 N–H and O–H groups in total. The van der Waals surface area contributed by atoms with Gasteiger partial charge in [-0.05, 0) is 13.0 Å². The van der Waals surface area contributed by atoms with Crippen LogP contribution in [0.3, 0.4) is 0 Å². The van der Waals surface area contributed by atoms with Crippen LogP contribution in [0, 0.1) is 0 Å². The zero-order chi connectivity index (χ0) is 7.52. The van der Waals surface area contributed by atoms with Gasteiger partial charge in [-0.2, -0.15) is 11.8 Å². The van der Waals surface area contributed by atoms with Crippen molar-refractivity contribution in [3.63, 3.8) is 0 Å². The molecule has 0 radical (unpaired) electrons. The molecular formula is C8H16N2S. The Morgan fingerprint density at radius 1 is 1.27 bits per heavy atom. The molecule has 3 heteroatoms. The maximum Gasteiger partial charge on any atom is 0.0233 e. The highest BCUT2D eigenvalue weighted by atomic mass is 32.2. The van der Waals surface area contributed by atoms with Crippen molar-refractivity contribution in [2.45, 2.75) is 12.5 Å². The van der Waals surface area contributed by atoms with E-state index in [4.69, 9.17) is 0 Å². The molecule has 0 aromatic rings. The summed E-state index contributed by atoms with van der Waals surface area (Å²) < 4.78 is 0. The van der Waals surface area contributed by atoms with Crippen LogP contribution in [0.4, 0.5) is 0 Å². The minimum atomic E-state index is 0.857. The van der Waals surface area contributed by atoms with Crippen LogP contribution in [0.15, 0.2) is 0 Å². The van der Waals surface area contributed by atoms with Gasteiger partial charge in [0.25, 0.3) is 0 Å². The first-order valence-electron chi connectivity index (χ1n) is 4.49. The second kappa shape index (κ2) is 3.78. The van der Waals surface area contributed by atoms with Gasteiger partial charge in [0.15, 0.2) is 0 Å². The predicted molar refractivity (Wildman–Crippen MR) is 50.2 cm³/mol. The van der Waals surface area contributed by atoms with Gasteiger partial charge in [0.2, 0.25) is 0 Å². The quantitative estimate of drug-likeness (QED) is 0.616. The molecule has 1 atom stereocenters. The normalized spacial score (nSPS) is 34.4. The summed E-state index contributed by atoms with van der Waals surface area (Å²) in [5.74, 6) is 2.69. The molecule has 0 bridgehead atoms. The van der Waals surface area contributed by atoms with Crippen LogP contribution in [0.2, 0.25) is 0 Å². The Balaban J connectivity index is 1.82. The summed E-state index contributed by atoms with van der Waals surface area (Å²) in [5, 5.41) is 3.42. The van der Waals surface area contributed by atoms with Crippen LogP contribution < -0.4 is 5.32 Å². The zero-order valence-electron chi connectivity index (χ0n) is 6.88. The van der Waals surface area contributed by atoms with E-state index >= 15 is 0 Å². The first-order chi connectivity index (χ1) is 5.47. The molecule has 2 aliphatic heterocycles. The van der Waals surface area contributed by atoms with Crippen molar-refractivity contribution < 1.29 is 0 Å². The molecule has 2 aliphatic rings. The maximum absolute atomic E-state index is 3.42. The SMILES string of the molecule is C1C[C@H](N2CCSCC2)CN1. The van der Waals surface area contributed by atoms with Crippen LogP contribution >= 0.6 is 11.8 Å². The smallest absolute Gasteiger partial charge is 0.0233 e. The Labute approximate surface area is 72.7 Å². The highest BCUT2D eigenvalue weighted by Crippen LogP contribution is 2.15. The van der Waals surface area contributed by atoms with Gasteiger partial charge in [0.1, 0.15) is 0 Å². The van der Waals surface area contributed by atoms with Gasteiger partial charge in [-0.25, -0.2) is 0 Å². The molecule has 0 unspecified atom stereocenters. The van der Waals surface area contributed by atoms with Crippen molar-refractivity contribution >= 4 is 11.8 Å². The van der Waals surface area contributed by atoms with Crippen LogP contribution in [0.25, 0.3) is 0 Å². The maximum atomic E-state index is 3.42. The molecule has 0 amide bonds. The molecule has 2 nitrogen and oxygen atoms in total. The van der Waals surface area contributed by atoms with E-state index in [0.29, 0.717) is 0 Å². The minimum absolute atomic E-state index is 0.857. The van der Waals surface area contributed by atoms with E-state index in [1.165, 1.54) is 44.1 Å². The van der Waals surface area contributed by atoms with Gasteiger partial charge < -0.3 is 5.32 Å². The molecule has 0 saturated carbocycles. The van der Waals surface area contributed by atoms with Crippen LogP contribution in [-0.4, -0.2) is 48.6 Å². The van der Waals surface area contributed by atoms with E-state index in [1.807, 2.05) is 0 Å². The van der Waals surface area contributed by atoms with Gasteiger partial charge in [0, 0.05) is 37.2 Å². The van der Waals surface area contributed by atoms with Crippen molar-refractivity contribution in [3.05, 3.63) is 0 Å². The van der Waals surface area contributed by atoms with Crippen molar-refractivity contribution in [2.24, 2.45) is 0 Å². The summed E-state index contributed by atoms with van der Waals surface area (Å²) in [5.41, 5.74) is 0. The van der Waals surface area contributed by atoms with Crippen molar-refractivity contribution in [3.8, 4) is 0 Å². The fourth-order valence-electron chi connectivity index (χ4n) is 1.89. The Hall–Kier alpha value is 0.270. The van der Waals surface area contributed by atoms with Crippen LogP contribution in [-0.2, 0) is 0 Å². The molecule has 64 valence electrons. The summed E-state index contributed by atoms with van der Waals surface area (Å²) >= 11 is 2.10. The largest absolute Gasteiger partial charge is 0.315 e. The number of hydrogen-bond donors (Lipinski definition) is 1. The Kier molecular flexibility index (Phi) is 2.72. The molecule has 2 rings (SSSR count). The fraction of sp³-hybridized carbons (Fsp3) is 1.00. The lowest BCUT2D eigenvalue weighted by Crippen LogP contribution is -2.42. The van der Waals surface area contributed by atoms with E-state index in [9.17, 15) is 0 Å². The third-order valence-electron chi connectivity index (χ3n) is 2.60. The summed E-state index contributed by atoms with van der Waals surface area (Å²) in [6, 6.07) is 0.857. The highest BCUT2D eigenvalue weighted by molar-refractivity contribution is 7.99. The topological polar surface area (TPSA) is 15.3 Å². The first-order valence-corrected chi connectivity index (χ1v) is 5.65. The van der Waals surface area contributed by atoms with Gasteiger partial charge >= 0.3 is 0 Å². The molecule has 11 heavy (non-hydrogen) atoms. The monoisotopic (exact) mass is 172 g/mol.